The summed E-state index contributed by atoms with van der Waals surface area (Å²) in [5.74, 6) is -0.981. The monoisotopic (exact) mass is 733 g/mol. The standard InChI is InChI=1S/C36H49ClFN5O8/c1-21-17-22(40(8)15-16-47-9)19-43(21)31-27-30(48-20-23-18-41(13-14-42(23)32(27)44)33(45)50-35(2,3)4)28(37)29(39-31)26-24(38)11-10-12-25(26)49-34(46)51-36(5,6)7/h10-12,21-23H,13-20H2,1-9H3/t21-,22-,23+/m0/s1. The maximum absolute atomic E-state index is 15.9. The number of likely N-dealkylation sites (N-methyl/N-ethyl adjacent to an activating group) is 1. The molecule has 15 heteroatoms. The Morgan fingerprint density at radius 3 is 2.43 bits per heavy atom. The van der Waals surface area contributed by atoms with Crippen molar-refractivity contribution < 1.29 is 42.5 Å². The molecule has 280 valence electrons. The van der Waals surface area contributed by atoms with Crippen LogP contribution < -0.4 is 14.4 Å². The van der Waals surface area contributed by atoms with Crippen molar-refractivity contribution >= 4 is 35.6 Å². The van der Waals surface area contributed by atoms with Crippen LogP contribution >= 0.6 is 11.6 Å². The molecule has 0 spiro atoms. The fourth-order valence-electron chi connectivity index (χ4n) is 6.53. The summed E-state index contributed by atoms with van der Waals surface area (Å²) in [6, 6.07) is 3.51. The topological polar surface area (TPSA) is 123 Å². The quantitative estimate of drug-likeness (QED) is 0.251. The number of methoxy groups -OCH3 is 1. The molecule has 5 rings (SSSR count). The van der Waals surface area contributed by atoms with Gasteiger partial charge in [-0.25, -0.2) is 19.0 Å². The van der Waals surface area contributed by atoms with Crippen LogP contribution in [-0.2, 0) is 14.2 Å². The van der Waals surface area contributed by atoms with Gasteiger partial charge in [0, 0.05) is 51.9 Å². The summed E-state index contributed by atoms with van der Waals surface area (Å²) in [4.78, 5) is 52.8. The average molecular weight is 734 g/mol. The number of carbonyl (C=O) groups excluding carboxylic acids is 3. The van der Waals surface area contributed by atoms with E-state index in [4.69, 9.17) is 40.3 Å². The number of nitrogens with zero attached hydrogens (tertiary/aromatic N) is 5. The van der Waals surface area contributed by atoms with Crippen LogP contribution in [0.2, 0.25) is 5.02 Å². The SMILES string of the molecule is COCCN(C)[C@H]1C[C@H](C)N(c2nc(-c3c(F)cccc3OC(=O)OC(C)(C)C)c(Cl)c3c2C(=O)N2CCN(C(=O)OC(C)(C)C)C[C@@H]2CO3)C1. The first kappa shape index (κ1) is 38.4. The molecule has 0 radical (unpaired) electrons. The van der Waals surface area contributed by atoms with E-state index in [0.29, 0.717) is 19.7 Å². The van der Waals surface area contributed by atoms with Gasteiger partial charge in [0.2, 0.25) is 0 Å². The summed E-state index contributed by atoms with van der Waals surface area (Å²) < 4.78 is 44.1. The van der Waals surface area contributed by atoms with Crippen molar-refractivity contribution in [1.82, 2.24) is 19.7 Å². The zero-order chi connectivity index (χ0) is 37.4. The highest BCUT2D eigenvalue weighted by molar-refractivity contribution is 6.35. The summed E-state index contributed by atoms with van der Waals surface area (Å²) >= 11 is 7.06. The molecule has 4 heterocycles. The maximum atomic E-state index is 15.9. The van der Waals surface area contributed by atoms with Gasteiger partial charge >= 0.3 is 12.2 Å². The van der Waals surface area contributed by atoms with Gasteiger partial charge < -0.3 is 38.4 Å². The molecule has 3 aliphatic heterocycles. The molecule has 0 aliphatic carbocycles. The minimum absolute atomic E-state index is 0.00285. The van der Waals surface area contributed by atoms with Crippen LogP contribution in [0.25, 0.3) is 11.3 Å². The van der Waals surface area contributed by atoms with Gasteiger partial charge in [-0.15, -0.1) is 0 Å². The molecule has 0 bridgehead atoms. The van der Waals surface area contributed by atoms with Gasteiger partial charge in [-0.05, 0) is 74.1 Å². The van der Waals surface area contributed by atoms with Gasteiger partial charge in [-0.1, -0.05) is 17.7 Å². The molecule has 1 aromatic carbocycles. The number of ether oxygens (including phenoxy) is 5. The van der Waals surface area contributed by atoms with E-state index in [2.05, 4.69) is 4.90 Å². The van der Waals surface area contributed by atoms with Crippen molar-refractivity contribution in [1.29, 1.82) is 0 Å². The van der Waals surface area contributed by atoms with Gasteiger partial charge in [0.05, 0.1) is 18.2 Å². The number of hydrogen-bond donors (Lipinski definition) is 0. The third kappa shape index (κ3) is 8.61. The predicted molar refractivity (Wildman–Crippen MR) is 189 cm³/mol. The normalized spacial score (nSPS) is 20.8. The van der Waals surface area contributed by atoms with Crippen LogP contribution in [0.1, 0.15) is 65.2 Å². The van der Waals surface area contributed by atoms with Crippen molar-refractivity contribution in [2.24, 2.45) is 0 Å². The van der Waals surface area contributed by atoms with E-state index in [1.54, 1.807) is 58.5 Å². The molecule has 2 aromatic rings. The second kappa shape index (κ2) is 15.0. The summed E-state index contributed by atoms with van der Waals surface area (Å²) in [5, 5.41) is -0.120. The number of hydrogen-bond acceptors (Lipinski definition) is 11. The average Bonchev–Trinajstić information content (AvgIpc) is 3.35. The number of benzene rings is 1. The minimum atomic E-state index is -1.03. The first-order chi connectivity index (χ1) is 23.9. The molecule has 2 amide bonds. The Morgan fingerprint density at radius 1 is 1.06 bits per heavy atom. The molecule has 2 fully saturated rings. The lowest BCUT2D eigenvalue weighted by molar-refractivity contribution is 0.000935. The number of piperazine rings is 1. The first-order valence-electron chi connectivity index (χ1n) is 17.2. The number of anilines is 1. The van der Waals surface area contributed by atoms with Crippen LogP contribution in [0.15, 0.2) is 18.2 Å². The highest BCUT2D eigenvalue weighted by atomic mass is 35.5. The number of fused-ring (bicyclic) bond motifs is 2. The maximum Gasteiger partial charge on any atom is 0.514 e. The third-order valence-corrected chi connectivity index (χ3v) is 9.35. The summed E-state index contributed by atoms with van der Waals surface area (Å²) in [6.07, 6.45) is -0.757. The Kier molecular flexibility index (Phi) is 11.3. The molecular formula is C36H49ClFN5O8. The van der Waals surface area contributed by atoms with E-state index in [1.807, 2.05) is 18.9 Å². The first-order valence-corrected chi connectivity index (χ1v) is 17.6. The molecule has 2 saturated heterocycles. The molecule has 0 saturated carbocycles. The van der Waals surface area contributed by atoms with Gasteiger partial charge in [-0.2, -0.15) is 0 Å². The molecule has 1 aromatic heterocycles. The summed E-state index contributed by atoms with van der Waals surface area (Å²) in [6.45, 7) is 14.9. The van der Waals surface area contributed by atoms with Crippen molar-refractivity contribution in [2.45, 2.75) is 84.2 Å². The number of carbonyl (C=O) groups is 3. The molecule has 0 unspecified atom stereocenters. The van der Waals surface area contributed by atoms with Crippen LogP contribution in [0, 0.1) is 5.82 Å². The largest absolute Gasteiger partial charge is 0.514 e. The Bertz CT molecular complexity index is 1650. The van der Waals surface area contributed by atoms with Crippen LogP contribution in [0.5, 0.6) is 11.5 Å². The Hall–Kier alpha value is -3.88. The second-order valence-corrected chi connectivity index (χ2v) is 15.6. The Balaban J connectivity index is 1.61. The summed E-state index contributed by atoms with van der Waals surface area (Å²) in [5.41, 5.74) is -1.66. The van der Waals surface area contributed by atoms with E-state index in [-0.39, 0.29) is 83.4 Å². The van der Waals surface area contributed by atoms with Gasteiger partial charge in [0.25, 0.3) is 5.91 Å². The van der Waals surface area contributed by atoms with Crippen molar-refractivity contribution in [2.75, 3.05) is 65.0 Å². The lowest BCUT2D eigenvalue weighted by Crippen LogP contribution is -2.58. The highest BCUT2D eigenvalue weighted by Gasteiger charge is 2.44. The van der Waals surface area contributed by atoms with E-state index in [1.165, 1.54) is 18.2 Å². The molecule has 0 N–H and O–H groups in total. The van der Waals surface area contributed by atoms with Gasteiger partial charge in [0.15, 0.2) is 5.75 Å². The Labute approximate surface area is 303 Å². The number of amides is 2. The Morgan fingerprint density at radius 2 is 1.76 bits per heavy atom. The molecular weight excluding hydrogens is 685 g/mol. The lowest BCUT2D eigenvalue weighted by atomic mass is 10.0. The van der Waals surface area contributed by atoms with Gasteiger partial charge in [0.1, 0.15) is 51.5 Å². The van der Waals surface area contributed by atoms with Crippen molar-refractivity contribution in [3.8, 4) is 22.8 Å². The molecule has 13 nitrogen and oxygen atoms in total. The van der Waals surface area contributed by atoms with Gasteiger partial charge in [-0.3, -0.25) is 9.69 Å². The number of halogens is 2. The molecule has 3 atom stereocenters. The number of rotatable bonds is 7. The smallest absolute Gasteiger partial charge is 0.489 e. The third-order valence-electron chi connectivity index (χ3n) is 9.00. The van der Waals surface area contributed by atoms with E-state index >= 15 is 4.39 Å². The fourth-order valence-corrected chi connectivity index (χ4v) is 6.81. The lowest BCUT2D eigenvalue weighted by Gasteiger charge is -2.40. The zero-order valence-corrected chi connectivity index (χ0v) is 31.6. The van der Waals surface area contributed by atoms with Crippen LogP contribution in [0.3, 0.4) is 0 Å². The predicted octanol–water partition coefficient (Wildman–Crippen LogP) is 5.85. The second-order valence-electron chi connectivity index (χ2n) is 15.2. The van der Waals surface area contributed by atoms with Crippen LogP contribution in [0.4, 0.5) is 19.8 Å². The van der Waals surface area contributed by atoms with Crippen LogP contribution in [-0.4, -0.2) is 127 Å². The zero-order valence-electron chi connectivity index (χ0n) is 30.9. The van der Waals surface area contributed by atoms with Crippen molar-refractivity contribution in [3.05, 3.63) is 34.6 Å². The molecule has 3 aliphatic rings. The van der Waals surface area contributed by atoms with Crippen molar-refractivity contribution in [3.63, 3.8) is 0 Å². The van der Waals surface area contributed by atoms with E-state index in [0.717, 1.165) is 6.42 Å². The molecule has 51 heavy (non-hydrogen) atoms. The fraction of sp³-hybridized carbons (Fsp3) is 0.611. The van der Waals surface area contributed by atoms with E-state index in [9.17, 15) is 14.4 Å². The van der Waals surface area contributed by atoms with E-state index < -0.39 is 35.3 Å². The number of pyridine rings is 1. The minimum Gasteiger partial charge on any atom is -0.489 e. The summed E-state index contributed by atoms with van der Waals surface area (Å²) in [7, 11) is 3.67. The highest BCUT2D eigenvalue weighted by Crippen LogP contribution is 2.47. The number of aromatic nitrogens is 1.